The number of aryl methyl sites for hydroxylation is 2. The third-order valence-corrected chi connectivity index (χ3v) is 4.93. The first-order valence-corrected chi connectivity index (χ1v) is 8.12. The molecule has 0 amide bonds. The summed E-state index contributed by atoms with van der Waals surface area (Å²) in [6.45, 7) is 6.51. The summed E-state index contributed by atoms with van der Waals surface area (Å²) in [5.41, 5.74) is 3.26. The minimum absolute atomic E-state index is 0.250. The van der Waals surface area contributed by atoms with Gasteiger partial charge in [-0.3, -0.25) is 4.98 Å². The third kappa shape index (κ3) is 2.76. The Morgan fingerprint density at radius 2 is 2.05 bits per heavy atom. The first-order chi connectivity index (χ1) is 10.1. The number of aromatic nitrogens is 1. The Labute approximate surface area is 133 Å². The number of nitrogens with one attached hydrogen (secondary N) is 1. The molecule has 1 unspecified atom stereocenters. The number of anilines is 1. The molecule has 0 fully saturated rings. The summed E-state index contributed by atoms with van der Waals surface area (Å²) in [7, 11) is 0. The molecule has 0 saturated heterocycles. The molecule has 0 aliphatic heterocycles. The summed E-state index contributed by atoms with van der Waals surface area (Å²) >= 11 is 8.06. The third-order valence-electron chi connectivity index (χ3n) is 3.64. The van der Waals surface area contributed by atoms with Gasteiger partial charge in [0.1, 0.15) is 0 Å². The molecule has 1 atom stereocenters. The van der Waals surface area contributed by atoms with Crippen molar-refractivity contribution in [1.82, 2.24) is 4.98 Å². The van der Waals surface area contributed by atoms with Crippen LogP contribution in [0.5, 0.6) is 0 Å². The molecule has 0 saturated carbocycles. The zero-order chi connectivity index (χ0) is 15.0. The summed E-state index contributed by atoms with van der Waals surface area (Å²) in [5.74, 6) is 0. The van der Waals surface area contributed by atoms with Gasteiger partial charge in [0.25, 0.3) is 0 Å². The molecule has 3 rings (SSSR count). The lowest BCUT2D eigenvalue weighted by atomic mass is 10.1. The van der Waals surface area contributed by atoms with Gasteiger partial charge in [-0.05, 0) is 56.7 Å². The largest absolute Gasteiger partial charge is 0.378 e. The van der Waals surface area contributed by atoms with Crippen molar-refractivity contribution in [1.29, 1.82) is 0 Å². The van der Waals surface area contributed by atoms with Crippen LogP contribution in [0, 0.1) is 13.8 Å². The first-order valence-electron chi connectivity index (χ1n) is 6.93. The van der Waals surface area contributed by atoms with Gasteiger partial charge in [0.15, 0.2) is 0 Å². The lowest BCUT2D eigenvalue weighted by Crippen LogP contribution is -2.07. The van der Waals surface area contributed by atoms with E-state index in [1.54, 1.807) is 6.20 Å². The number of pyridine rings is 1. The molecule has 4 heteroatoms. The Morgan fingerprint density at radius 1 is 1.24 bits per heavy atom. The summed E-state index contributed by atoms with van der Waals surface area (Å²) in [5, 5.41) is 5.33. The number of hydrogen-bond acceptors (Lipinski definition) is 3. The smallest absolute Gasteiger partial charge is 0.0908 e. The molecule has 108 valence electrons. The number of thiophene rings is 1. The summed E-state index contributed by atoms with van der Waals surface area (Å²) in [6, 6.07) is 10.4. The fourth-order valence-electron chi connectivity index (χ4n) is 2.66. The Hall–Kier alpha value is -1.58. The maximum atomic E-state index is 6.22. The van der Waals surface area contributed by atoms with E-state index in [2.05, 4.69) is 43.2 Å². The molecule has 0 radical (unpaired) electrons. The standard InChI is InChI=1S/C17H17ClN2S/c1-10-9-14(12(3)21-10)11(2)20-16-7-6-15(18)17-13(16)5-4-8-19-17/h4-9,11,20H,1-3H3. The maximum absolute atomic E-state index is 6.22. The molecule has 0 aliphatic carbocycles. The zero-order valence-electron chi connectivity index (χ0n) is 12.3. The van der Waals surface area contributed by atoms with Crippen LogP contribution in [0.2, 0.25) is 5.02 Å². The van der Waals surface area contributed by atoms with Crippen LogP contribution >= 0.6 is 22.9 Å². The van der Waals surface area contributed by atoms with Gasteiger partial charge in [-0.15, -0.1) is 11.3 Å². The van der Waals surface area contributed by atoms with Gasteiger partial charge in [-0.1, -0.05) is 11.6 Å². The van der Waals surface area contributed by atoms with Crippen molar-refractivity contribution in [3.05, 3.63) is 56.9 Å². The van der Waals surface area contributed by atoms with E-state index in [1.807, 2.05) is 29.5 Å². The van der Waals surface area contributed by atoms with E-state index < -0.39 is 0 Å². The van der Waals surface area contributed by atoms with Gasteiger partial charge in [0, 0.05) is 33.1 Å². The maximum Gasteiger partial charge on any atom is 0.0908 e. The molecule has 0 aliphatic rings. The van der Waals surface area contributed by atoms with Gasteiger partial charge in [-0.2, -0.15) is 0 Å². The van der Waals surface area contributed by atoms with Crippen molar-refractivity contribution >= 4 is 39.5 Å². The van der Waals surface area contributed by atoms with Crippen LogP contribution in [0.15, 0.2) is 36.5 Å². The van der Waals surface area contributed by atoms with E-state index in [4.69, 9.17) is 11.6 Å². The summed E-state index contributed by atoms with van der Waals surface area (Å²) < 4.78 is 0. The number of benzene rings is 1. The van der Waals surface area contributed by atoms with Crippen molar-refractivity contribution in [2.45, 2.75) is 26.8 Å². The van der Waals surface area contributed by atoms with Crippen LogP contribution in [-0.2, 0) is 0 Å². The molecule has 0 spiro atoms. The van der Waals surface area contributed by atoms with Gasteiger partial charge in [0.2, 0.25) is 0 Å². The molecule has 2 nitrogen and oxygen atoms in total. The predicted octanol–water partition coefficient (Wildman–Crippen LogP) is 5.74. The van der Waals surface area contributed by atoms with Gasteiger partial charge in [-0.25, -0.2) is 0 Å². The SMILES string of the molecule is Cc1cc(C(C)Nc2ccc(Cl)c3ncccc23)c(C)s1. The van der Waals surface area contributed by atoms with Gasteiger partial charge >= 0.3 is 0 Å². The molecule has 2 aromatic heterocycles. The predicted molar refractivity (Wildman–Crippen MR) is 92.6 cm³/mol. The van der Waals surface area contributed by atoms with E-state index >= 15 is 0 Å². The highest BCUT2D eigenvalue weighted by atomic mass is 35.5. The van der Waals surface area contributed by atoms with Crippen LogP contribution in [0.25, 0.3) is 10.9 Å². The fraction of sp³-hybridized carbons (Fsp3) is 0.235. The zero-order valence-corrected chi connectivity index (χ0v) is 13.8. The second-order valence-corrected chi connectivity index (χ2v) is 7.10. The van der Waals surface area contributed by atoms with Gasteiger partial charge < -0.3 is 5.32 Å². The average Bonchev–Trinajstić information content (AvgIpc) is 2.81. The molecule has 0 bridgehead atoms. The normalized spacial score (nSPS) is 12.6. The number of halogens is 1. The Bertz CT molecular complexity index is 795. The summed E-state index contributed by atoms with van der Waals surface area (Å²) in [6.07, 6.45) is 1.77. The van der Waals surface area contributed by atoms with Crippen molar-refractivity contribution < 1.29 is 0 Å². The van der Waals surface area contributed by atoms with Crippen LogP contribution in [0.3, 0.4) is 0 Å². The molecule has 3 aromatic rings. The number of rotatable bonds is 3. The van der Waals surface area contributed by atoms with Crippen LogP contribution < -0.4 is 5.32 Å². The van der Waals surface area contributed by atoms with E-state index in [1.165, 1.54) is 15.3 Å². The number of nitrogens with zero attached hydrogens (tertiary/aromatic N) is 1. The van der Waals surface area contributed by atoms with Crippen LogP contribution in [-0.4, -0.2) is 4.98 Å². The molecule has 1 aromatic carbocycles. The van der Waals surface area contributed by atoms with Crippen molar-refractivity contribution in [2.75, 3.05) is 5.32 Å². The minimum Gasteiger partial charge on any atom is -0.378 e. The fourth-order valence-corrected chi connectivity index (χ4v) is 3.89. The second-order valence-electron chi connectivity index (χ2n) is 5.23. The van der Waals surface area contributed by atoms with E-state index in [-0.39, 0.29) is 6.04 Å². The topological polar surface area (TPSA) is 24.9 Å². The molecule has 2 heterocycles. The lowest BCUT2D eigenvalue weighted by Gasteiger charge is -2.17. The van der Waals surface area contributed by atoms with E-state index in [0.717, 1.165) is 16.6 Å². The molecule has 21 heavy (non-hydrogen) atoms. The molecule has 1 N–H and O–H groups in total. The quantitative estimate of drug-likeness (QED) is 0.666. The van der Waals surface area contributed by atoms with Crippen LogP contribution in [0.4, 0.5) is 5.69 Å². The Balaban J connectivity index is 1.99. The summed E-state index contributed by atoms with van der Waals surface area (Å²) in [4.78, 5) is 7.08. The monoisotopic (exact) mass is 316 g/mol. The highest BCUT2D eigenvalue weighted by molar-refractivity contribution is 7.12. The van der Waals surface area contributed by atoms with Crippen molar-refractivity contribution in [2.24, 2.45) is 0 Å². The van der Waals surface area contributed by atoms with E-state index in [9.17, 15) is 0 Å². The lowest BCUT2D eigenvalue weighted by molar-refractivity contribution is 0.883. The number of hydrogen-bond donors (Lipinski definition) is 1. The average molecular weight is 317 g/mol. The first kappa shape index (κ1) is 14.4. The highest BCUT2D eigenvalue weighted by Gasteiger charge is 2.13. The van der Waals surface area contributed by atoms with Crippen molar-refractivity contribution in [3.63, 3.8) is 0 Å². The van der Waals surface area contributed by atoms with Crippen molar-refractivity contribution in [3.8, 4) is 0 Å². The minimum atomic E-state index is 0.250. The molecular weight excluding hydrogens is 300 g/mol. The van der Waals surface area contributed by atoms with E-state index in [0.29, 0.717) is 5.02 Å². The Kier molecular flexibility index (Phi) is 3.87. The second kappa shape index (κ2) is 5.66. The molecular formula is C17H17ClN2S. The number of fused-ring (bicyclic) bond motifs is 1. The van der Waals surface area contributed by atoms with Gasteiger partial charge in [0.05, 0.1) is 10.5 Å². The van der Waals surface area contributed by atoms with Crippen LogP contribution in [0.1, 0.15) is 28.3 Å². The highest BCUT2D eigenvalue weighted by Crippen LogP contribution is 2.33. The Morgan fingerprint density at radius 3 is 2.76 bits per heavy atom.